The number of aryl methyl sites for hydroxylation is 2. The van der Waals surface area contributed by atoms with Gasteiger partial charge in [0.15, 0.2) is 0 Å². The maximum atomic E-state index is 12.0. The molecular formula is C18H25N5O2S. The molecule has 2 N–H and O–H groups in total. The quantitative estimate of drug-likeness (QED) is 0.688. The summed E-state index contributed by atoms with van der Waals surface area (Å²) in [5.74, 6) is 2.11. The zero-order chi connectivity index (χ0) is 19.2. The monoisotopic (exact) mass is 375 g/mol. The lowest BCUT2D eigenvalue weighted by Crippen LogP contribution is -2.27. The van der Waals surface area contributed by atoms with Crippen molar-refractivity contribution in [3.05, 3.63) is 52.7 Å². The highest BCUT2D eigenvalue weighted by molar-refractivity contribution is 7.92. The number of nitrogens with zero attached hydrogens (tertiary/aromatic N) is 3. The van der Waals surface area contributed by atoms with Gasteiger partial charge in [0, 0.05) is 38.7 Å². The van der Waals surface area contributed by atoms with Gasteiger partial charge >= 0.3 is 0 Å². The van der Waals surface area contributed by atoms with E-state index in [1.807, 2.05) is 63.2 Å². The highest BCUT2D eigenvalue weighted by atomic mass is 32.2. The van der Waals surface area contributed by atoms with E-state index in [-0.39, 0.29) is 6.54 Å². The molecule has 1 aromatic heterocycles. The SMILES string of the molecule is Cc1ccc(/C=C/S(=O)(=O)NCCNc2cc(N(C)C)nc(C)n2)cc1. The molecule has 2 rings (SSSR count). The molecule has 1 aromatic carbocycles. The van der Waals surface area contributed by atoms with Crippen LogP contribution >= 0.6 is 0 Å². The van der Waals surface area contributed by atoms with Crippen LogP contribution < -0.4 is 14.9 Å². The largest absolute Gasteiger partial charge is 0.369 e. The van der Waals surface area contributed by atoms with Gasteiger partial charge in [0.1, 0.15) is 17.5 Å². The van der Waals surface area contributed by atoms with Crippen LogP contribution in [-0.4, -0.2) is 45.6 Å². The summed E-state index contributed by atoms with van der Waals surface area (Å²) < 4.78 is 26.6. The van der Waals surface area contributed by atoms with E-state index in [0.717, 1.165) is 16.9 Å². The van der Waals surface area contributed by atoms with E-state index < -0.39 is 10.0 Å². The highest BCUT2D eigenvalue weighted by Gasteiger charge is 2.06. The topological polar surface area (TPSA) is 87.2 Å². The second-order valence-electron chi connectivity index (χ2n) is 6.13. The van der Waals surface area contributed by atoms with Gasteiger partial charge in [0.2, 0.25) is 10.0 Å². The van der Waals surface area contributed by atoms with E-state index in [1.165, 1.54) is 5.41 Å². The number of hydrogen-bond acceptors (Lipinski definition) is 6. The maximum absolute atomic E-state index is 12.0. The van der Waals surface area contributed by atoms with Crippen LogP contribution in [0, 0.1) is 13.8 Å². The molecule has 0 bridgehead atoms. The van der Waals surface area contributed by atoms with E-state index in [4.69, 9.17) is 0 Å². The molecule has 0 fully saturated rings. The maximum Gasteiger partial charge on any atom is 0.233 e. The minimum absolute atomic E-state index is 0.251. The summed E-state index contributed by atoms with van der Waals surface area (Å²) >= 11 is 0. The lowest BCUT2D eigenvalue weighted by molar-refractivity contribution is 0.592. The third-order valence-electron chi connectivity index (χ3n) is 3.53. The Morgan fingerprint density at radius 1 is 1.08 bits per heavy atom. The van der Waals surface area contributed by atoms with Crippen molar-refractivity contribution in [2.45, 2.75) is 13.8 Å². The first-order valence-corrected chi connectivity index (χ1v) is 9.81. The minimum atomic E-state index is -3.49. The Morgan fingerprint density at radius 3 is 2.42 bits per heavy atom. The number of aromatic nitrogens is 2. The normalized spacial score (nSPS) is 11.7. The van der Waals surface area contributed by atoms with Gasteiger partial charge in [-0.25, -0.2) is 23.1 Å². The van der Waals surface area contributed by atoms with Crippen molar-refractivity contribution in [2.75, 3.05) is 37.4 Å². The Morgan fingerprint density at radius 2 is 1.77 bits per heavy atom. The Labute approximate surface area is 155 Å². The number of hydrogen-bond donors (Lipinski definition) is 2. The Hall–Kier alpha value is -2.45. The van der Waals surface area contributed by atoms with Gasteiger partial charge in [-0.15, -0.1) is 0 Å². The molecule has 8 heteroatoms. The number of sulfonamides is 1. The summed E-state index contributed by atoms with van der Waals surface area (Å²) in [6, 6.07) is 9.45. The summed E-state index contributed by atoms with van der Waals surface area (Å²) in [6.45, 7) is 4.47. The van der Waals surface area contributed by atoms with Crippen molar-refractivity contribution in [1.29, 1.82) is 0 Å². The smallest absolute Gasteiger partial charge is 0.233 e. The minimum Gasteiger partial charge on any atom is -0.369 e. The summed E-state index contributed by atoms with van der Waals surface area (Å²) in [4.78, 5) is 10.5. The van der Waals surface area contributed by atoms with Crippen molar-refractivity contribution in [2.24, 2.45) is 0 Å². The molecule has 26 heavy (non-hydrogen) atoms. The molecular weight excluding hydrogens is 350 g/mol. The Bertz CT molecular complexity index is 862. The highest BCUT2D eigenvalue weighted by Crippen LogP contribution is 2.13. The molecule has 0 aliphatic rings. The molecule has 0 unspecified atom stereocenters. The van der Waals surface area contributed by atoms with Crippen molar-refractivity contribution >= 4 is 27.7 Å². The molecule has 140 valence electrons. The van der Waals surface area contributed by atoms with Gasteiger partial charge in [-0.05, 0) is 25.5 Å². The predicted molar refractivity (Wildman–Crippen MR) is 107 cm³/mol. The zero-order valence-corrected chi connectivity index (χ0v) is 16.3. The molecule has 0 spiro atoms. The van der Waals surface area contributed by atoms with Crippen LogP contribution in [0.3, 0.4) is 0 Å². The fraction of sp³-hybridized carbons (Fsp3) is 0.333. The predicted octanol–water partition coefficient (Wildman–Crippen LogP) is 2.16. The first-order valence-electron chi connectivity index (χ1n) is 8.26. The number of anilines is 2. The van der Waals surface area contributed by atoms with Gasteiger partial charge in [0.25, 0.3) is 0 Å². The van der Waals surface area contributed by atoms with Crippen LogP contribution in [0.25, 0.3) is 6.08 Å². The Balaban J connectivity index is 1.86. The van der Waals surface area contributed by atoms with Crippen molar-refractivity contribution in [1.82, 2.24) is 14.7 Å². The van der Waals surface area contributed by atoms with E-state index in [1.54, 1.807) is 6.08 Å². The molecule has 7 nitrogen and oxygen atoms in total. The second kappa shape index (κ2) is 8.77. The van der Waals surface area contributed by atoms with Gasteiger partial charge in [0.05, 0.1) is 0 Å². The van der Waals surface area contributed by atoms with E-state index in [2.05, 4.69) is 20.0 Å². The lowest BCUT2D eigenvalue weighted by atomic mass is 10.2. The molecule has 0 radical (unpaired) electrons. The molecule has 0 saturated heterocycles. The van der Waals surface area contributed by atoms with Crippen molar-refractivity contribution in [3.8, 4) is 0 Å². The second-order valence-corrected chi connectivity index (χ2v) is 7.78. The third kappa shape index (κ3) is 6.45. The molecule has 0 atom stereocenters. The fourth-order valence-corrected chi connectivity index (χ4v) is 2.97. The van der Waals surface area contributed by atoms with E-state index in [0.29, 0.717) is 18.2 Å². The fourth-order valence-electron chi connectivity index (χ4n) is 2.15. The lowest BCUT2D eigenvalue weighted by Gasteiger charge is -2.14. The first-order chi connectivity index (χ1) is 12.2. The number of benzene rings is 1. The molecule has 2 aromatic rings. The Kier molecular flexibility index (Phi) is 6.70. The van der Waals surface area contributed by atoms with Crippen LogP contribution in [0.2, 0.25) is 0 Å². The summed E-state index contributed by atoms with van der Waals surface area (Å²) in [5, 5.41) is 4.28. The number of nitrogens with one attached hydrogen (secondary N) is 2. The molecule has 0 aliphatic heterocycles. The molecule has 1 heterocycles. The average Bonchev–Trinajstić information content (AvgIpc) is 2.58. The average molecular weight is 375 g/mol. The van der Waals surface area contributed by atoms with Gasteiger partial charge in [-0.2, -0.15) is 0 Å². The van der Waals surface area contributed by atoms with Gasteiger partial charge < -0.3 is 10.2 Å². The van der Waals surface area contributed by atoms with Crippen LogP contribution in [-0.2, 0) is 10.0 Å². The van der Waals surface area contributed by atoms with E-state index >= 15 is 0 Å². The summed E-state index contributed by atoms with van der Waals surface area (Å²) in [7, 11) is 0.320. The van der Waals surface area contributed by atoms with Crippen molar-refractivity contribution in [3.63, 3.8) is 0 Å². The summed E-state index contributed by atoms with van der Waals surface area (Å²) in [5.41, 5.74) is 1.97. The number of rotatable bonds is 8. The molecule has 0 saturated carbocycles. The molecule has 0 aliphatic carbocycles. The third-order valence-corrected chi connectivity index (χ3v) is 4.63. The standard InChI is InChI=1S/C18H25N5O2S/c1-14-5-7-16(8-6-14)9-12-26(24,25)20-11-10-19-17-13-18(23(3)4)22-15(2)21-17/h5-9,12-13,20H,10-11H2,1-4H3,(H,19,21,22)/b12-9+. The van der Waals surface area contributed by atoms with Crippen LogP contribution in [0.5, 0.6) is 0 Å². The molecule has 0 amide bonds. The first kappa shape index (κ1) is 19.9. The zero-order valence-electron chi connectivity index (χ0n) is 15.5. The van der Waals surface area contributed by atoms with Gasteiger partial charge in [-0.1, -0.05) is 29.8 Å². The van der Waals surface area contributed by atoms with Crippen molar-refractivity contribution < 1.29 is 8.42 Å². The van der Waals surface area contributed by atoms with E-state index in [9.17, 15) is 8.42 Å². The van der Waals surface area contributed by atoms with Crippen LogP contribution in [0.4, 0.5) is 11.6 Å². The van der Waals surface area contributed by atoms with Gasteiger partial charge in [-0.3, -0.25) is 0 Å². The van der Waals surface area contributed by atoms with Crippen LogP contribution in [0.1, 0.15) is 17.0 Å². The summed E-state index contributed by atoms with van der Waals surface area (Å²) in [6.07, 6.45) is 1.58. The van der Waals surface area contributed by atoms with Crippen LogP contribution in [0.15, 0.2) is 35.7 Å².